The number of carbonyl (C=O) groups is 2. The van der Waals surface area contributed by atoms with Crippen LogP contribution in [0.3, 0.4) is 0 Å². The maximum absolute atomic E-state index is 12.6. The summed E-state index contributed by atoms with van der Waals surface area (Å²) < 4.78 is 10.9. The Morgan fingerprint density at radius 1 is 1.00 bits per heavy atom. The number of Topliss-reactive ketones (excluding diaryl/α,β-unsaturated/α-hetero) is 1. The summed E-state index contributed by atoms with van der Waals surface area (Å²) in [5.41, 5.74) is 2.67. The largest absolute Gasteiger partial charge is 0.493 e. The Balaban J connectivity index is 1.57. The van der Waals surface area contributed by atoms with Gasteiger partial charge in [0.25, 0.3) is 0 Å². The zero-order chi connectivity index (χ0) is 21.5. The molecule has 2 aromatic carbocycles. The van der Waals surface area contributed by atoms with Gasteiger partial charge in [0.2, 0.25) is 5.91 Å². The average Bonchev–Trinajstić information content (AvgIpc) is 2.78. The molecule has 0 spiro atoms. The molecule has 6 heteroatoms. The fourth-order valence-corrected chi connectivity index (χ4v) is 3.43. The molecule has 3 rings (SSSR count). The van der Waals surface area contributed by atoms with Crippen molar-refractivity contribution in [3.8, 4) is 11.5 Å². The number of rotatable bonds is 7. The predicted octanol–water partition coefficient (Wildman–Crippen LogP) is 3.66. The topological polar surface area (TPSA) is 59.1 Å². The van der Waals surface area contributed by atoms with E-state index < -0.39 is 0 Å². The molecule has 1 amide bonds. The van der Waals surface area contributed by atoms with Crippen LogP contribution in [0.4, 0.5) is 5.69 Å². The molecule has 0 radical (unpaired) electrons. The van der Waals surface area contributed by atoms with Gasteiger partial charge in [0, 0.05) is 43.5 Å². The lowest BCUT2D eigenvalue weighted by molar-refractivity contribution is -0.126. The van der Waals surface area contributed by atoms with Crippen LogP contribution in [0.25, 0.3) is 6.08 Å². The van der Waals surface area contributed by atoms with Crippen molar-refractivity contribution < 1.29 is 19.1 Å². The first-order chi connectivity index (χ1) is 14.5. The number of ether oxygens (including phenoxy) is 2. The van der Waals surface area contributed by atoms with Crippen LogP contribution in [0.5, 0.6) is 11.5 Å². The van der Waals surface area contributed by atoms with E-state index in [4.69, 9.17) is 9.47 Å². The van der Waals surface area contributed by atoms with Gasteiger partial charge < -0.3 is 19.3 Å². The molecule has 2 aromatic rings. The summed E-state index contributed by atoms with van der Waals surface area (Å²) in [4.78, 5) is 28.1. The molecule has 0 aliphatic carbocycles. The van der Waals surface area contributed by atoms with E-state index in [2.05, 4.69) is 4.90 Å². The highest BCUT2D eigenvalue weighted by Gasteiger charge is 2.20. The van der Waals surface area contributed by atoms with Crippen molar-refractivity contribution >= 4 is 23.5 Å². The summed E-state index contributed by atoms with van der Waals surface area (Å²) >= 11 is 0. The molecule has 0 saturated carbocycles. The summed E-state index contributed by atoms with van der Waals surface area (Å²) in [7, 11) is 1.60. The molecular formula is C24H28N2O4. The number of ketones is 1. The zero-order valence-corrected chi connectivity index (χ0v) is 17.8. The number of anilines is 1. The summed E-state index contributed by atoms with van der Waals surface area (Å²) in [5.74, 6) is 1.40. The molecule has 158 valence electrons. The minimum atomic E-state index is -0.00516. The second-order valence-electron chi connectivity index (χ2n) is 7.09. The highest BCUT2D eigenvalue weighted by Crippen LogP contribution is 2.28. The number of piperazine rings is 1. The highest BCUT2D eigenvalue weighted by atomic mass is 16.5. The van der Waals surface area contributed by atoms with Gasteiger partial charge in [0.05, 0.1) is 13.7 Å². The molecule has 0 atom stereocenters. The molecule has 30 heavy (non-hydrogen) atoms. The zero-order valence-electron chi connectivity index (χ0n) is 17.8. The first-order valence-corrected chi connectivity index (χ1v) is 10.2. The fraction of sp³-hybridized carbons (Fsp3) is 0.333. The first-order valence-electron chi connectivity index (χ1n) is 10.2. The van der Waals surface area contributed by atoms with Crippen molar-refractivity contribution in [2.24, 2.45) is 0 Å². The van der Waals surface area contributed by atoms with Crippen LogP contribution in [0.1, 0.15) is 29.8 Å². The van der Waals surface area contributed by atoms with E-state index in [0.717, 1.165) is 24.3 Å². The minimum Gasteiger partial charge on any atom is -0.493 e. The van der Waals surface area contributed by atoms with Gasteiger partial charge in [0.15, 0.2) is 17.3 Å². The van der Waals surface area contributed by atoms with Crippen molar-refractivity contribution in [3.63, 3.8) is 0 Å². The Bertz CT molecular complexity index is 913. The van der Waals surface area contributed by atoms with Gasteiger partial charge in [-0.15, -0.1) is 0 Å². The SMILES string of the molecule is CCOc1ccc(/C=C/C(=O)N2CCN(c3ccc(C(C)=O)cc3)CC2)cc1OC. The molecule has 0 bridgehead atoms. The van der Waals surface area contributed by atoms with E-state index in [1.54, 1.807) is 26.2 Å². The van der Waals surface area contributed by atoms with E-state index in [0.29, 0.717) is 36.8 Å². The van der Waals surface area contributed by atoms with Gasteiger partial charge in [-0.3, -0.25) is 9.59 Å². The Morgan fingerprint density at radius 3 is 2.30 bits per heavy atom. The van der Waals surface area contributed by atoms with Crippen LogP contribution >= 0.6 is 0 Å². The number of methoxy groups -OCH3 is 1. The number of carbonyl (C=O) groups excluding carboxylic acids is 2. The molecule has 1 aliphatic rings. The monoisotopic (exact) mass is 408 g/mol. The second-order valence-corrected chi connectivity index (χ2v) is 7.09. The van der Waals surface area contributed by atoms with Crippen LogP contribution in [0.2, 0.25) is 0 Å². The van der Waals surface area contributed by atoms with Crippen LogP contribution in [-0.2, 0) is 4.79 Å². The fourth-order valence-electron chi connectivity index (χ4n) is 3.43. The number of amides is 1. The van der Waals surface area contributed by atoms with E-state index >= 15 is 0 Å². The van der Waals surface area contributed by atoms with Crippen molar-refractivity contribution in [1.82, 2.24) is 4.90 Å². The lowest BCUT2D eigenvalue weighted by atomic mass is 10.1. The Morgan fingerprint density at radius 2 is 1.70 bits per heavy atom. The summed E-state index contributed by atoms with van der Waals surface area (Å²) in [6, 6.07) is 13.2. The molecule has 1 fully saturated rings. The third kappa shape index (κ3) is 5.20. The average molecular weight is 408 g/mol. The van der Waals surface area contributed by atoms with Crippen molar-refractivity contribution in [1.29, 1.82) is 0 Å². The number of benzene rings is 2. The van der Waals surface area contributed by atoms with Crippen LogP contribution < -0.4 is 14.4 Å². The maximum atomic E-state index is 12.6. The van der Waals surface area contributed by atoms with E-state index in [1.807, 2.05) is 54.3 Å². The van der Waals surface area contributed by atoms with Crippen LogP contribution in [0.15, 0.2) is 48.5 Å². The van der Waals surface area contributed by atoms with Crippen molar-refractivity contribution in [3.05, 3.63) is 59.7 Å². The predicted molar refractivity (Wildman–Crippen MR) is 118 cm³/mol. The van der Waals surface area contributed by atoms with Gasteiger partial charge in [-0.05, 0) is 61.9 Å². The third-order valence-electron chi connectivity index (χ3n) is 5.14. The van der Waals surface area contributed by atoms with Gasteiger partial charge >= 0.3 is 0 Å². The van der Waals surface area contributed by atoms with Crippen LogP contribution in [0, 0.1) is 0 Å². The number of hydrogen-bond acceptors (Lipinski definition) is 5. The molecule has 0 N–H and O–H groups in total. The lowest BCUT2D eigenvalue weighted by Gasteiger charge is -2.35. The molecule has 1 saturated heterocycles. The summed E-state index contributed by atoms with van der Waals surface area (Å²) in [5, 5.41) is 0. The Kier molecular flexibility index (Phi) is 7.12. The second kappa shape index (κ2) is 9.96. The van der Waals surface area contributed by atoms with Gasteiger partial charge in [0.1, 0.15) is 0 Å². The third-order valence-corrected chi connectivity index (χ3v) is 5.14. The maximum Gasteiger partial charge on any atom is 0.246 e. The minimum absolute atomic E-state index is 0.00516. The Hall–Kier alpha value is -3.28. The van der Waals surface area contributed by atoms with Crippen molar-refractivity contribution in [2.45, 2.75) is 13.8 Å². The molecule has 6 nitrogen and oxygen atoms in total. The molecule has 0 unspecified atom stereocenters. The standard InChI is InChI=1S/C24H28N2O4/c1-4-30-22-11-5-19(17-23(22)29-3)6-12-24(28)26-15-13-25(14-16-26)21-9-7-20(8-10-21)18(2)27/h5-12,17H,4,13-16H2,1-3H3/b12-6+. The molecule has 1 aliphatic heterocycles. The highest BCUT2D eigenvalue weighted by molar-refractivity contribution is 5.94. The first kappa shape index (κ1) is 21.4. The lowest BCUT2D eigenvalue weighted by Crippen LogP contribution is -2.48. The summed E-state index contributed by atoms with van der Waals surface area (Å²) in [6.45, 7) is 6.89. The number of hydrogen-bond donors (Lipinski definition) is 0. The van der Waals surface area contributed by atoms with Crippen LogP contribution in [-0.4, -0.2) is 56.5 Å². The van der Waals surface area contributed by atoms with E-state index in [-0.39, 0.29) is 11.7 Å². The smallest absolute Gasteiger partial charge is 0.246 e. The van der Waals surface area contributed by atoms with Gasteiger partial charge in [-0.1, -0.05) is 6.07 Å². The number of nitrogens with zero attached hydrogens (tertiary/aromatic N) is 2. The van der Waals surface area contributed by atoms with Gasteiger partial charge in [-0.25, -0.2) is 0 Å². The molecule has 0 aromatic heterocycles. The molecular weight excluding hydrogens is 380 g/mol. The van der Waals surface area contributed by atoms with E-state index in [9.17, 15) is 9.59 Å². The quantitative estimate of drug-likeness (QED) is 0.517. The Labute approximate surface area is 177 Å². The summed E-state index contributed by atoms with van der Waals surface area (Å²) in [6.07, 6.45) is 3.40. The van der Waals surface area contributed by atoms with E-state index in [1.165, 1.54) is 0 Å². The normalized spacial score (nSPS) is 14.1. The molecule has 1 heterocycles. The van der Waals surface area contributed by atoms with Gasteiger partial charge in [-0.2, -0.15) is 0 Å². The van der Waals surface area contributed by atoms with Crippen molar-refractivity contribution in [2.75, 3.05) is 44.8 Å².